The molecule has 156 valence electrons. The van der Waals surface area contributed by atoms with Crippen molar-refractivity contribution in [1.29, 1.82) is 0 Å². The quantitative estimate of drug-likeness (QED) is 0.209. The van der Waals surface area contributed by atoms with Crippen molar-refractivity contribution in [3.8, 4) is 0 Å². The van der Waals surface area contributed by atoms with Gasteiger partial charge in [0, 0.05) is 0 Å². The highest BCUT2D eigenvalue weighted by Crippen LogP contribution is 2.14. The Labute approximate surface area is 163 Å². The van der Waals surface area contributed by atoms with E-state index in [1.807, 2.05) is 0 Å². The fourth-order valence-corrected chi connectivity index (χ4v) is 3.53. The third-order valence-electron chi connectivity index (χ3n) is 5.24. The third kappa shape index (κ3) is 23.3. The predicted octanol–water partition coefficient (Wildman–Crippen LogP) is 7.90. The van der Waals surface area contributed by atoms with Gasteiger partial charge in [-0.1, -0.05) is 129 Å². The van der Waals surface area contributed by atoms with Crippen molar-refractivity contribution in [2.24, 2.45) is 5.73 Å². The summed E-state index contributed by atoms with van der Waals surface area (Å²) in [5.74, 6) is 0. The molecule has 0 aliphatic rings. The maximum atomic E-state index is 10.4. The summed E-state index contributed by atoms with van der Waals surface area (Å²) < 4.78 is 4.72. The van der Waals surface area contributed by atoms with Crippen molar-refractivity contribution in [2.75, 3.05) is 6.61 Å². The molecule has 0 saturated heterocycles. The van der Waals surface area contributed by atoms with Crippen LogP contribution in [0.4, 0.5) is 4.79 Å². The van der Waals surface area contributed by atoms with Crippen LogP contribution in [0, 0.1) is 0 Å². The van der Waals surface area contributed by atoms with Gasteiger partial charge in [-0.05, 0) is 6.42 Å². The van der Waals surface area contributed by atoms with Gasteiger partial charge in [0.25, 0.3) is 0 Å². The molecule has 3 nitrogen and oxygen atoms in total. The molecule has 0 heterocycles. The highest BCUT2D eigenvalue weighted by molar-refractivity contribution is 5.64. The van der Waals surface area contributed by atoms with Crippen LogP contribution in [0.1, 0.15) is 135 Å². The lowest BCUT2D eigenvalue weighted by Gasteiger charge is -2.04. The number of carbonyl (C=O) groups is 1. The first-order valence-corrected chi connectivity index (χ1v) is 11.7. The molecule has 3 heteroatoms. The molecule has 2 N–H and O–H groups in total. The van der Waals surface area contributed by atoms with Gasteiger partial charge in [0.15, 0.2) is 0 Å². The molecule has 0 aromatic rings. The molecular formula is C23H47NO2. The van der Waals surface area contributed by atoms with Crippen LogP contribution in [-0.2, 0) is 4.74 Å². The zero-order valence-electron chi connectivity index (χ0n) is 17.7. The minimum Gasteiger partial charge on any atom is -0.450 e. The Morgan fingerprint density at radius 2 is 0.808 bits per heavy atom. The summed E-state index contributed by atoms with van der Waals surface area (Å²) >= 11 is 0. The van der Waals surface area contributed by atoms with Crippen LogP contribution >= 0.6 is 0 Å². The number of ether oxygens (including phenoxy) is 1. The van der Waals surface area contributed by atoms with E-state index in [0.717, 1.165) is 12.8 Å². The van der Waals surface area contributed by atoms with Crippen molar-refractivity contribution >= 4 is 6.09 Å². The van der Waals surface area contributed by atoms with E-state index in [1.54, 1.807) is 0 Å². The Kier molecular flexibility index (Phi) is 21.7. The Hall–Kier alpha value is -0.730. The Bertz CT molecular complexity index is 281. The van der Waals surface area contributed by atoms with E-state index in [9.17, 15) is 4.79 Å². The van der Waals surface area contributed by atoms with Crippen LogP contribution in [0.5, 0.6) is 0 Å². The van der Waals surface area contributed by atoms with E-state index in [2.05, 4.69) is 6.92 Å². The number of hydrogen-bond donors (Lipinski definition) is 1. The molecule has 0 aliphatic heterocycles. The molecule has 0 aromatic heterocycles. The van der Waals surface area contributed by atoms with Crippen LogP contribution in [0.3, 0.4) is 0 Å². The highest BCUT2D eigenvalue weighted by Gasteiger charge is 1.96. The lowest BCUT2D eigenvalue weighted by molar-refractivity contribution is 0.154. The Balaban J connectivity index is 2.98. The average Bonchev–Trinajstić information content (AvgIpc) is 2.62. The molecule has 0 bridgehead atoms. The predicted molar refractivity (Wildman–Crippen MR) is 114 cm³/mol. The van der Waals surface area contributed by atoms with Crippen LogP contribution in [0.25, 0.3) is 0 Å². The van der Waals surface area contributed by atoms with Crippen LogP contribution < -0.4 is 5.73 Å². The van der Waals surface area contributed by atoms with E-state index < -0.39 is 6.09 Å². The van der Waals surface area contributed by atoms with Crippen LogP contribution in [-0.4, -0.2) is 12.7 Å². The normalized spacial score (nSPS) is 11.0. The molecule has 0 radical (unpaired) electrons. The topological polar surface area (TPSA) is 52.3 Å². The smallest absolute Gasteiger partial charge is 0.404 e. The fraction of sp³-hybridized carbons (Fsp3) is 0.957. The molecule has 0 rings (SSSR count). The minimum absolute atomic E-state index is 0.480. The van der Waals surface area contributed by atoms with E-state index in [0.29, 0.717) is 6.61 Å². The molecule has 0 spiro atoms. The summed E-state index contributed by atoms with van der Waals surface area (Å²) in [5.41, 5.74) is 4.92. The molecule has 0 unspecified atom stereocenters. The third-order valence-corrected chi connectivity index (χ3v) is 5.24. The van der Waals surface area contributed by atoms with Gasteiger partial charge in [-0.25, -0.2) is 4.79 Å². The lowest BCUT2D eigenvalue weighted by Crippen LogP contribution is -2.13. The summed E-state index contributed by atoms with van der Waals surface area (Å²) in [7, 11) is 0. The first kappa shape index (κ1) is 25.3. The Morgan fingerprint density at radius 3 is 1.08 bits per heavy atom. The number of nitrogens with two attached hydrogens (primary N) is 1. The van der Waals surface area contributed by atoms with Gasteiger partial charge >= 0.3 is 6.09 Å². The molecule has 0 aromatic carbocycles. The molecule has 0 aliphatic carbocycles. The highest BCUT2D eigenvalue weighted by atomic mass is 16.5. The fourth-order valence-electron chi connectivity index (χ4n) is 3.53. The molecule has 0 fully saturated rings. The number of hydrogen-bond acceptors (Lipinski definition) is 2. The van der Waals surface area contributed by atoms with Gasteiger partial charge in [0.2, 0.25) is 0 Å². The van der Waals surface area contributed by atoms with Crippen molar-refractivity contribution in [3.05, 3.63) is 0 Å². The summed E-state index contributed by atoms with van der Waals surface area (Å²) in [6.07, 6.45) is 26.9. The van der Waals surface area contributed by atoms with E-state index >= 15 is 0 Å². The van der Waals surface area contributed by atoms with E-state index in [1.165, 1.54) is 116 Å². The van der Waals surface area contributed by atoms with Gasteiger partial charge in [0.05, 0.1) is 6.61 Å². The number of carbonyl (C=O) groups excluding carboxylic acids is 1. The number of primary amides is 1. The second-order valence-electron chi connectivity index (χ2n) is 7.89. The SMILES string of the molecule is CCCCCCCCCCCCCCCCCCCCCCOC(N)=O. The molecule has 0 atom stereocenters. The summed E-state index contributed by atoms with van der Waals surface area (Å²) in [6, 6.07) is 0. The number of unbranched alkanes of at least 4 members (excludes halogenated alkanes) is 19. The second-order valence-corrected chi connectivity index (χ2v) is 7.89. The van der Waals surface area contributed by atoms with Crippen molar-refractivity contribution < 1.29 is 9.53 Å². The monoisotopic (exact) mass is 369 g/mol. The zero-order valence-corrected chi connectivity index (χ0v) is 17.7. The van der Waals surface area contributed by atoms with E-state index in [4.69, 9.17) is 10.5 Å². The Morgan fingerprint density at radius 1 is 0.538 bits per heavy atom. The van der Waals surface area contributed by atoms with Crippen LogP contribution in [0.15, 0.2) is 0 Å². The van der Waals surface area contributed by atoms with Gasteiger partial charge in [-0.15, -0.1) is 0 Å². The summed E-state index contributed by atoms with van der Waals surface area (Å²) in [4.78, 5) is 10.4. The maximum absolute atomic E-state index is 10.4. The van der Waals surface area contributed by atoms with Gasteiger partial charge in [-0.2, -0.15) is 0 Å². The molecular weight excluding hydrogens is 322 g/mol. The minimum atomic E-state index is -0.650. The largest absolute Gasteiger partial charge is 0.450 e. The van der Waals surface area contributed by atoms with Gasteiger partial charge in [0.1, 0.15) is 0 Å². The second kappa shape index (κ2) is 22.3. The van der Waals surface area contributed by atoms with Gasteiger partial charge < -0.3 is 10.5 Å². The van der Waals surface area contributed by atoms with Crippen LogP contribution in [0.2, 0.25) is 0 Å². The van der Waals surface area contributed by atoms with Crippen molar-refractivity contribution in [1.82, 2.24) is 0 Å². The zero-order chi connectivity index (χ0) is 19.1. The first-order valence-electron chi connectivity index (χ1n) is 11.7. The number of rotatable bonds is 21. The summed E-state index contributed by atoms with van der Waals surface area (Å²) in [5, 5.41) is 0. The molecule has 1 amide bonds. The lowest BCUT2D eigenvalue weighted by atomic mass is 10.0. The maximum Gasteiger partial charge on any atom is 0.404 e. The standard InChI is InChI=1S/C23H47NO2/c1-2-3-4-5-6-7-8-9-10-11-12-13-14-15-16-17-18-19-20-21-22-26-23(24)25/h2-22H2,1H3,(H2,24,25). The first-order chi connectivity index (χ1) is 12.8. The van der Waals surface area contributed by atoms with Crippen molar-refractivity contribution in [2.45, 2.75) is 135 Å². The summed E-state index contributed by atoms with van der Waals surface area (Å²) in [6.45, 7) is 2.77. The van der Waals surface area contributed by atoms with Crippen molar-refractivity contribution in [3.63, 3.8) is 0 Å². The molecule has 0 saturated carbocycles. The average molecular weight is 370 g/mol. The van der Waals surface area contributed by atoms with Gasteiger partial charge in [-0.3, -0.25) is 0 Å². The number of amides is 1. The van der Waals surface area contributed by atoms with E-state index in [-0.39, 0.29) is 0 Å². The molecule has 26 heavy (non-hydrogen) atoms.